The average molecular weight is 231 g/mol. The average Bonchev–Trinajstić information content (AvgIpc) is 2.95. The van der Waals surface area contributed by atoms with Crippen LogP contribution in [0.5, 0.6) is 0 Å². The molecule has 1 saturated heterocycles. The molecule has 88 valence electrons. The summed E-state index contributed by atoms with van der Waals surface area (Å²) >= 11 is 0. The van der Waals surface area contributed by atoms with E-state index >= 15 is 0 Å². The number of rotatable bonds is 2. The molecule has 1 aliphatic heterocycles. The Hall–Kier alpha value is -1.81. The molecular weight excluding hydrogens is 218 g/mol. The lowest BCUT2D eigenvalue weighted by Gasteiger charge is -2.08. The Balaban J connectivity index is 1.87. The number of aliphatic carboxylic acids is 1. The number of nitrogens with one attached hydrogen (secondary N) is 1. The standard InChI is InChI=1S/C13H13NO3/c15-13(16)10-6-5-9(14-10)12-7-8-3-1-2-4-11(8)17-12/h1-4,7,9-10,14H,5-6H2,(H,15,16). The monoisotopic (exact) mass is 231 g/mol. The normalized spacial score (nSPS) is 24.2. The van der Waals surface area contributed by atoms with Crippen LogP contribution in [0.1, 0.15) is 24.6 Å². The van der Waals surface area contributed by atoms with E-state index in [2.05, 4.69) is 5.32 Å². The summed E-state index contributed by atoms with van der Waals surface area (Å²) < 4.78 is 5.72. The van der Waals surface area contributed by atoms with Crippen LogP contribution in [0.25, 0.3) is 11.0 Å². The summed E-state index contributed by atoms with van der Waals surface area (Å²) in [5.74, 6) is 0.0403. The lowest BCUT2D eigenvalue weighted by Crippen LogP contribution is -2.31. The van der Waals surface area contributed by atoms with Crippen LogP contribution in [-0.4, -0.2) is 17.1 Å². The van der Waals surface area contributed by atoms with Crippen LogP contribution in [0.3, 0.4) is 0 Å². The first kappa shape index (κ1) is 10.4. The number of furan rings is 1. The van der Waals surface area contributed by atoms with Gasteiger partial charge in [-0.05, 0) is 25.0 Å². The van der Waals surface area contributed by atoms with Gasteiger partial charge in [0.2, 0.25) is 0 Å². The van der Waals surface area contributed by atoms with Crippen LogP contribution in [0.2, 0.25) is 0 Å². The Morgan fingerprint density at radius 3 is 2.88 bits per heavy atom. The van der Waals surface area contributed by atoms with Crippen molar-refractivity contribution in [3.63, 3.8) is 0 Å². The zero-order valence-corrected chi connectivity index (χ0v) is 9.22. The molecule has 2 N–H and O–H groups in total. The molecule has 1 aliphatic rings. The lowest BCUT2D eigenvalue weighted by atomic mass is 10.1. The largest absolute Gasteiger partial charge is 0.480 e. The highest BCUT2D eigenvalue weighted by atomic mass is 16.4. The first-order valence-corrected chi connectivity index (χ1v) is 5.71. The van der Waals surface area contributed by atoms with Gasteiger partial charge < -0.3 is 9.52 Å². The van der Waals surface area contributed by atoms with Crippen molar-refractivity contribution in [3.05, 3.63) is 36.1 Å². The van der Waals surface area contributed by atoms with Gasteiger partial charge in [0.25, 0.3) is 0 Å². The first-order chi connectivity index (χ1) is 8.24. The third-order valence-electron chi connectivity index (χ3n) is 3.23. The van der Waals surface area contributed by atoms with Crippen molar-refractivity contribution in [2.24, 2.45) is 0 Å². The Morgan fingerprint density at radius 2 is 2.18 bits per heavy atom. The highest BCUT2D eigenvalue weighted by molar-refractivity contribution is 5.78. The van der Waals surface area contributed by atoms with Gasteiger partial charge in [-0.15, -0.1) is 0 Å². The Morgan fingerprint density at radius 1 is 1.35 bits per heavy atom. The zero-order valence-electron chi connectivity index (χ0n) is 9.22. The van der Waals surface area contributed by atoms with E-state index in [4.69, 9.17) is 9.52 Å². The number of hydrogen-bond donors (Lipinski definition) is 2. The number of benzene rings is 1. The van der Waals surface area contributed by atoms with E-state index < -0.39 is 12.0 Å². The van der Waals surface area contributed by atoms with Crippen molar-refractivity contribution in [2.45, 2.75) is 24.9 Å². The van der Waals surface area contributed by atoms with Gasteiger partial charge in [0, 0.05) is 5.39 Å². The molecular formula is C13H13NO3. The van der Waals surface area contributed by atoms with Crippen molar-refractivity contribution in [1.82, 2.24) is 5.32 Å². The Bertz CT molecular complexity index is 528. The van der Waals surface area contributed by atoms with E-state index in [9.17, 15) is 4.79 Å². The molecule has 1 fully saturated rings. The number of carbonyl (C=O) groups is 1. The summed E-state index contributed by atoms with van der Waals surface area (Å²) in [7, 11) is 0. The van der Waals surface area contributed by atoms with Gasteiger partial charge in [-0.25, -0.2) is 0 Å². The summed E-state index contributed by atoms with van der Waals surface area (Å²) in [6.45, 7) is 0. The molecule has 2 heterocycles. The smallest absolute Gasteiger partial charge is 0.320 e. The molecule has 2 aromatic rings. The number of carboxylic acid groups (broad SMARTS) is 1. The molecule has 2 atom stereocenters. The third kappa shape index (κ3) is 1.80. The summed E-state index contributed by atoms with van der Waals surface area (Å²) in [5, 5.41) is 13.1. The van der Waals surface area contributed by atoms with Crippen LogP contribution in [0.4, 0.5) is 0 Å². The first-order valence-electron chi connectivity index (χ1n) is 5.71. The molecule has 0 amide bonds. The van der Waals surface area contributed by atoms with Gasteiger partial charge in [-0.3, -0.25) is 10.1 Å². The minimum Gasteiger partial charge on any atom is -0.480 e. The third-order valence-corrected chi connectivity index (χ3v) is 3.23. The van der Waals surface area contributed by atoms with Gasteiger partial charge in [0.15, 0.2) is 0 Å². The molecule has 2 unspecified atom stereocenters. The van der Waals surface area contributed by atoms with Crippen LogP contribution < -0.4 is 5.32 Å². The molecule has 4 heteroatoms. The molecule has 3 rings (SSSR count). The van der Waals surface area contributed by atoms with Crippen molar-refractivity contribution < 1.29 is 14.3 Å². The van der Waals surface area contributed by atoms with Gasteiger partial charge in [-0.1, -0.05) is 18.2 Å². The highest BCUT2D eigenvalue weighted by Gasteiger charge is 2.31. The topological polar surface area (TPSA) is 62.5 Å². The summed E-state index contributed by atoms with van der Waals surface area (Å²) in [4.78, 5) is 10.9. The van der Waals surface area contributed by atoms with Gasteiger partial charge >= 0.3 is 5.97 Å². The maximum Gasteiger partial charge on any atom is 0.320 e. The van der Waals surface area contributed by atoms with Crippen molar-refractivity contribution >= 4 is 16.9 Å². The second kappa shape index (κ2) is 3.89. The molecule has 1 aromatic carbocycles. The van der Waals surface area contributed by atoms with E-state index in [1.54, 1.807) is 0 Å². The summed E-state index contributed by atoms with van der Waals surface area (Å²) in [5.41, 5.74) is 0.850. The van der Waals surface area contributed by atoms with Crippen molar-refractivity contribution in [3.8, 4) is 0 Å². The molecule has 0 saturated carbocycles. The minimum absolute atomic E-state index is 0.0171. The van der Waals surface area contributed by atoms with Crippen LogP contribution in [0, 0.1) is 0 Å². The van der Waals surface area contributed by atoms with E-state index in [0.29, 0.717) is 6.42 Å². The van der Waals surface area contributed by atoms with Gasteiger partial charge in [-0.2, -0.15) is 0 Å². The number of para-hydroxylation sites is 1. The summed E-state index contributed by atoms with van der Waals surface area (Å²) in [6, 6.07) is 9.35. The second-order valence-corrected chi connectivity index (χ2v) is 4.37. The number of fused-ring (bicyclic) bond motifs is 1. The fourth-order valence-corrected chi connectivity index (χ4v) is 2.34. The predicted molar refractivity (Wildman–Crippen MR) is 62.7 cm³/mol. The van der Waals surface area contributed by atoms with Crippen molar-refractivity contribution in [2.75, 3.05) is 0 Å². The Labute approximate surface area is 98.2 Å². The SMILES string of the molecule is O=C(O)C1CCC(c2cc3ccccc3o2)N1. The molecule has 0 aliphatic carbocycles. The van der Waals surface area contributed by atoms with E-state index in [-0.39, 0.29) is 6.04 Å². The molecule has 17 heavy (non-hydrogen) atoms. The second-order valence-electron chi connectivity index (χ2n) is 4.37. The quantitative estimate of drug-likeness (QED) is 0.832. The number of hydrogen-bond acceptors (Lipinski definition) is 3. The zero-order chi connectivity index (χ0) is 11.8. The van der Waals surface area contributed by atoms with E-state index in [0.717, 1.165) is 23.2 Å². The van der Waals surface area contributed by atoms with Crippen LogP contribution in [-0.2, 0) is 4.79 Å². The van der Waals surface area contributed by atoms with Crippen molar-refractivity contribution in [1.29, 1.82) is 0 Å². The van der Waals surface area contributed by atoms with E-state index in [1.807, 2.05) is 30.3 Å². The minimum atomic E-state index is -0.788. The van der Waals surface area contributed by atoms with Gasteiger partial charge in [0.1, 0.15) is 17.4 Å². The fraction of sp³-hybridized carbons (Fsp3) is 0.308. The fourth-order valence-electron chi connectivity index (χ4n) is 2.34. The molecule has 4 nitrogen and oxygen atoms in total. The highest BCUT2D eigenvalue weighted by Crippen LogP contribution is 2.30. The lowest BCUT2D eigenvalue weighted by molar-refractivity contribution is -0.139. The molecule has 0 spiro atoms. The molecule has 1 aromatic heterocycles. The molecule has 0 bridgehead atoms. The van der Waals surface area contributed by atoms with Crippen LogP contribution >= 0.6 is 0 Å². The number of carboxylic acids is 1. The van der Waals surface area contributed by atoms with Crippen LogP contribution in [0.15, 0.2) is 34.7 Å². The molecule has 0 radical (unpaired) electrons. The maximum absolute atomic E-state index is 10.9. The Kier molecular flexibility index (Phi) is 2.37. The van der Waals surface area contributed by atoms with Gasteiger partial charge in [0.05, 0.1) is 6.04 Å². The van der Waals surface area contributed by atoms with E-state index in [1.165, 1.54) is 0 Å². The predicted octanol–water partition coefficient (Wildman–Crippen LogP) is 2.31. The maximum atomic E-state index is 10.9. The summed E-state index contributed by atoms with van der Waals surface area (Å²) in [6.07, 6.45) is 1.45.